The first kappa shape index (κ1) is 9.81. The summed E-state index contributed by atoms with van der Waals surface area (Å²) in [7, 11) is 0. The van der Waals surface area contributed by atoms with E-state index in [1.165, 1.54) is 6.08 Å². The van der Waals surface area contributed by atoms with Gasteiger partial charge in [-0.1, -0.05) is 12.1 Å². The molecule has 0 atom stereocenters. The molecule has 1 rings (SSSR count). The van der Waals surface area contributed by atoms with E-state index in [9.17, 15) is 4.79 Å². The summed E-state index contributed by atoms with van der Waals surface area (Å²) in [6.45, 7) is 0. The summed E-state index contributed by atoms with van der Waals surface area (Å²) in [5, 5.41) is 19.2. The minimum absolute atomic E-state index is 0.639. The molecule has 70 valence electrons. The number of carbonyl (C=O) groups is 1. The summed E-state index contributed by atoms with van der Waals surface area (Å²) >= 11 is 0. The van der Waals surface area contributed by atoms with Gasteiger partial charge < -0.3 is 5.11 Å². The first-order valence-electron chi connectivity index (χ1n) is 3.88. The van der Waals surface area contributed by atoms with E-state index in [1.807, 2.05) is 0 Å². The second kappa shape index (κ2) is 4.67. The molecule has 0 bridgehead atoms. The Balaban J connectivity index is 2.84. The second-order valence-corrected chi connectivity index (χ2v) is 2.53. The van der Waals surface area contributed by atoms with Crippen LogP contribution in [0.5, 0.6) is 0 Å². The van der Waals surface area contributed by atoms with E-state index in [1.54, 1.807) is 30.5 Å². The van der Waals surface area contributed by atoms with Crippen LogP contribution in [0.15, 0.2) is 30.3 Å². The third kappa shape index (κ3) is 2.99. The number of rotatable bonds is 3. The smallest absolute Gasteiger partial charge is 0.328 e. The molecule has 0 unspecified atom stereocenters. The van der Waals surface area contributed by atoms with Gasteiger partial charge in [0.15, 0.2) is 6.19 Å². The summed E-state index contributed by atoms with van der Waals surface area (Å²) in [6.07, 6.45) is 4.30. The molecular weight excluding hydrogens is 180 g/mol. The number of hydrogen-bond acceptors (Lipinski definition) is 3. The summed E-state index contributed by atoms with van der Waals surface area (Å²) < 4.78 is 0. The van der Waals surface area contributed by atoms with Crippen molar-refractivity contribution in [2.75, 3.05) is 5.32 Å². The lowest BCUT2D eigenvalue weighted by molar-refractivity contribution is -0.131. The fraction of sp³-hybridized carbons (Fsp3) is 0. The summed E-state index contributed by atoms with van der Waals surface area (Å²) in [6, 6.07) is 6.90. The van der Waals surface area contributed by atoms with Gasteiger partial charge in [-0.25, -0.2) is 4.79 Å². The standard InChI is InChI=1S/C10H8N2O2/c11-7-12-9-3-1-2-8(6-9)4-5-10(13)14/h1-6,12H,(H,13,14)/b5-4+. The van der Waals surface area contributed by atoms with Crippen LogP contribution in [0.3, 0.4) is 0 Å². The van der Waals surface area contributed by atoms with Crippen molar-refractivity contribution in [2.24, 2.45) is 0 Å². The van der Waals surface area contributed by atoms with Gasteiger partial charge in [-0.3, -0.25) is 5.32 Å². The van der Waals surface area contributed by atoms with Crippen molar-refractivity contribution in [2.45, 2.75) is 0 Å². The molecule has 0 saturated carbocycles. The average molecular weight is 188 g/mol. The molecule has 4 heteroatoms. The van der Waals surface area contributed by atoms with Crippen LogP contribution < -0.4 is 5.32 Å². The van der Waals surface area contributed by atoms with Crippen molar-refractivity contribution >= 4 is 17.7 Å². The van der Waals surface area contributed by atoms with Gasteiger partial charge in [0, 0.05) is 11.8 Å². The minimum Gasteiger partial charge on any atom is -0.478 e. The normalized spacial score (nSPS) is 9.64. The lowest BCUT2D eigenvalue weighted by atomic mass is 10.2. The highest BCUT2D eigenvalue weighted by atomic mass is 16.4. The minimum atomic E-state index is -0.997. The number of carboxylic acid groups (broad SMARTS) is 1. The van der Waals surface area contributed by atoms with Gasteiger partial charge in [0.05, 0.1) is 0 Å². The molecule has 0 aliphatic heterocycles. The Hall–Kier alpha value is -2.28. The van der Waals surface area contributed by atoms with Crippen molar-refractivity contribution in [1.29, 1.82) is 5.26 Å². The predicted octanol–water partition coefficient (Wildman–Crippen LogP) is 1.68. The molecule has 0 heterocycles. The molecule has 0 fully saturated rings. The average Bonchev–Trinajstić information content (AvgIpc) is 2.16. The Bertz CT molecular complexity index is 405. The number of nitrogens with zero attached hydrogens (tertiary/aromatic N) is 1. The molecule has 2 N–H and O–H groups in total. The number of hydrogen-bond donors (Lipinski definition) is 2. The molecule has 14 heavy (non-hydrogen) atoms. The van der Waals surface area contributed by atoms with Gasteiger partial charge in [-0.05, 0) is 23.8 Å². The fourth-order valence-electron chi connectivity index (χ4n) is 0.952. The van der Waals surface area contributed by atoms with Gasteiger partial charge in [0.1, 0.15) is 0 Å². The van der Waals surface area contributed by atoms with Gasteiger partial charge in [0.2, 0.25) is 0 Å². The molecule has 4 nitrogen and oxygen atoms in total. The predicted molar refractivity (Wildman–Crippen MR) is 52.3 cm³/mol. The zero-order valence-corrected chi connectivity index (χ0v) is 7.27. The Morgan fingerprint density at radius 1 is 1.57 bits per heavy atom. The highest BCUT2D eigenvalue weighted by molar-refractivity contribution is 5.85. The van der Waals surface area contributed by atoms with Crippen molar-refractivity contribution in [3.8, 4) is 6.19 Å². The number of carboxylic acids is 1. The third-order valence-corrected chi connectivity index (χ3v) is 1.51. The van der Waals surface area contributed by atoms with Gasteiger partial charge >= 0.3 is 5.97 Å². The van der Waals surface area contributed by atoms with E-state index in [4.69, 9.17) is 10.4 Å². The van der Waals surface area contributed by atoms with E-state index < -0.39 is 5.97 Å². The topological polar surface area (TPSA) is 73.1 Å². The number of nitriles is 1. The SMILES string of the molecule is N#CNc1cccc(/C=C/C(=O)O)c1. The maximum Gasteiger partial charge on any atom is 0.328 e. The maximum absolute atomic E-state index is 10.2. The first-order chi connectivity index (χ1) is 6.72. The Kier molecular flexibility index (Phi) is 3.27. The van der Waals surface area contributed by atoms with Crippen LogP contribution in [0.4, 0.5) is 5.69 Å². The summed E-state index contributed by atoms with van der Waals surface area (Å²) in [5.41, 5.74) is 1.37. The number of aliphatic carboxylic acids is 1. The van der Waals surface area contributed by atoms with Gasteiger partial charge in [-0.2, -0.15) is 5.26 Å². The molecule has 0 spiro atoms. The molecule has 0 radical (unpaired) electrons. The van der Waals surface area contributed by atoms with E-state index in [2.05, 4.69) is 5.32 Å². The zero-order chi connectivity index (χ0) is 10.4. The van der Waals surface area contributed by atoms with Crippen LogP contribution in [0.1, 0.15) is 5.56 Å². The first-order valence-corrected chi connectivity index (χ1v) is 3.88. The Morgan fingerprint density at radius 3 is 3.00 bits per heavy atom. The van der Waals surface area contributed by atoms with Crippen molar-refractivity contribution in [3.63, 3.8) is 0 Å². The summed E-state index contributed by atoms with van der Waals surface area (Å²) in [5.74, 6) is -0.997. The number of nitrogens with one attached hydrogen (secondary N) is 1. The molecule has 0 aliphatic carbocycles. The molecule has 0 aliphatic rings. The third-order valence-electron chi connectivity index (χ3n) is 1.51. The van der Waals surface area contributed by atoms with E-state index in [0.717, 1.165) is 11.6 Å². The fourth-order valence-corrected chi connectivity index (χ4v) is 0.952. The van der Waals surface area contributed by atoms with Gasteiger partial charge in [0.25, 0.3) is 0 Å². The van der Waals surface area contributed by atoms with E-state index in [-0.39, 0.29) is 0 Å². The van der Waals surface area contributed by atoms with Crippen molar-refractivity contribution < 1.29 is 9.90 Å². The summed E-state index contributed by atoms with van der Waals surface area (Å²) in [4.78, 5) is 10.2. The molecule has 1 aromatic rings. The molecular formula is C10H8N2O2. The second-order valence-electron chi connectivity index (χ2n) is 2.53. The molecule has 0 saturated heterocycles. The lowest BCUT2D eigenvalue weighted by Crippen LogP contribution is -1.88. The highest BCUT2D eigenvalue weighted by Gasteiger charge is 1.92. The molecule has 1 aromatic carbocycles. The number of benzene rings is 1. The Morgan fingerprint density at radius 2 is 2.36 bits per heavy atom. The molecule has 0 amide bonds. The zero-order valence-electron chi connectivity index (χ0n) is 7.27. The van der Waals surface area contributed by atoms with Crippen LogP contribution in [-0.2, 0) is 4.79 Å². The van der Waals surface area contributed by atoms with Crippen LogP contribution in [-0.4, -0.2) is 11.1 Å². The Labute approximate surface area is 81.1 Å². The van der Waals surface area contributed by atoms with E-state index >= 15 is 0 Å². The van der Waals surface area contributed by atoms with Crippen molar-refractivity contribution in [1.82, 2.24) is 0 Å². The van der Waals surface area contributed by atoms with Crippen LogP contribution >= 0.6 is 0 Å². The van der Waals surface area contributed by atoms with Crippen LogP contribution in [0.25, 0.3) is 6.08 Å². The molecule has 0 aromatic heterocycles. The largest absolute Gasteiger partial charge is 0.478 e. The number of anilines is 1. The maximum atomic E-state index is 10.2. The quantitative estimate of drug-likeness (QED) is 0.430. The van der Waals surface area contributed by atoms with Crippen molar-refractivity contribution in [3.05, 3.63) is 35.9 Å². The lowest BCUT2D eigenvalue weighted by Gasteiger charge is -1.97. The monoisotopic (exact) mass is 188 g/mol. The van der Waals surface area contributed by atoms with E-state index in [0.29, 0.717) is 5.69 Å². The highest BCUT2D eigenvalue weighted by Crippen LogP contribution is 2.11. The van der Waals surface area contributed by atoms with Crippen LogP contribution in [0.2, 0.25) is 0 Å². The van der Waals surface area contributed by atoms with Gasteiger partial charge in [-0.15, -0.1) is 0 Å². The van der Waals surface area contributed by atoms with Crippen LogP contribution in [0, 0.1) is 11.5 Å².